The van der Waals surface area contributed by atoms with Gasteiger partial charge in [-0.05, 0) is 44.4 Å². The van der Waals surface area contributed by atoms with Gasteiger partial charge >= 0.3 is 0 Å². The standard InChI is InChI=1S/C18H34N2O/c1-5-9-16-18(21)20(14(4)12-13(3)6-2)17(19-16)15-10-7-8-11-15/h13-17,19H,5-12H2,1-4H3. The maximum atomic E-state index is 12.8. The first-order valence-corrected chi connectivity index (χ1v) is 9.16. The SMILES string of the molecule is CCCC1NC(C2CCCC2)N(C(C)CC(C)CC)C1=O. The maximum absolute atomic E-state index is 12.8. The molecule has 4 unspecified atom stereocenters. The van der Waals surface area contributed by atoms with Gasteiger partial charge in [0, 0.05) is 6.04 Å². The monoisotopic (exact) mass is 294 g/mol. The second-order valence-electron chi connectivity index (χ2n) is 7.34. The van der Waals surface area contributed by atoms with E-state index in [1.807, 2.05) is 0 Å². The molecule has 4 atom stereocenters. The molecule has 2 rings (SSSR count). The lowest BCUT2D eigenvalue weighted by molar-refractivity contribution is -0.133. The van der Waals surface area contributed by atoms with Crippen LogP contribution in [0, 0.1) is 11.8 Å². The third-order valence-electron chi connectivity index (χ3n) is 5.56. The predicted octanol–water partition coefficient (Wildman–Crippen LogP) is 3.93. The highest BCUT2D eigenvalue weighted by Crippen LogP contribution is 2.34. The Labute approximate surface area is 130 Å². The van der Waals surface area contributed by atoms with Crippen molar-refractivity contribution in [3.63, 3.8) is 0 Å². The summed E-state index contributed by atoms with van der Waals surface area (Å²) in [6, 6.07) is 0.437. The largest absolute Gasteiger partial charge is 0.323 e. The number of rotatable bonds is 7. The summed E-state index contributed by atoms with van der Waals surface area (Å²) in [4.78, 5) is 15.1. The van der Waals surface area contributed by atoms with Gasteiger partial charge in [0.15, 0.2) is 0 Å². The van der Waals surface area contributed by atoms with Crippen LogP contribution < -0.4 is 5.32 Å². The zero-order valence-corrected chi connectivity index (χ0v) is 14.4. The molecule has 0 aromatic heterocycles. The molecule has 122 valence electrons. The normalized spacial score (nSPS) is 30.1. The van der Waals surface area contributed by atoms with E-state index in [-0.39, 0.29) is 6.04 Å². The van der Waals surface area contributed by atoms with Crippen LogP contribution >= 0.6 is 0 Å². The molecular weight excluding hydrogens is 260 g/mol. The van der Waals surface area contributed by atoms with Crippen LogP contribution in [0.2, 0.25) is 0 Å². The molecule has 1 N–H and O–H groups in total. The number of hydrogen-bond donors (Lipinski definition) is 1. The van der Waals surface area contributed by atoms with Crippen LogP contribution in [-0.4, -0.2) is 29.1 Å². The van der Waals surface area contributed by atoms with Crippen molar-refractivity contribution in [2.75, 3.05) is 0 Å². The Morgan fingerprint density at radius 2 is 1.90 bits per heavy atom. The van der Waals surface area contributed by atoms with Gasteiger partial charge in [-0.2, -0.15) is 0 Å². The number of nitrogens with zero attached hydrogens (tertiary/aromatic N) is 1. The van der Waals surface area contributed by atoms with E-state index in [1.54, 1.807) is 0 Å². The fraction of sp³-hybridized carbons (Fsp3) is 0.944. The van der Waals surface area contributed by atoms with Gasteiger partial charge in [-0.3, -0.25) is 10.1 Å². The molecule has 0 aromatic carbocycles. The van der Waals surface area contributed by atoms with Crippen LogP contribution in [0.3, 0.4) is 0 Å². The van der Waals surface area contributed by atoms with Gasteiger partial charge in [-0.25, -0.2) is 0 Å². The van der Waals surface area contributed by atoms with Crippen molar-refractivity contribution in [3.05, 3.63) is 0 Å². The van der Waals surface area contributed by atoms with Crippen LogP contribution in [-0.2, 0) is 4.79 Å². The lowest BCUT2D eigenvalue weighted by Gasteiger charge is -2.35. The molecule has 21 heavy (non-hydrogen) atoms. The lowest BCUT2D eigenvalue weighted by Crippen LogP contribution is -2.47. The maximum Gasteiger partial charge on any atom is 0.241 e. The minimum absolute atomic E-state index is 0.0694. The van der Waals surface area contributed by atoms with Gasteiger partial charge in [0.1, 0.15) is 0 Å². The summed E-state index contributed by atoms with van der Waals surface area (Å²) in [5, 5.41) is 3.68. The Kier molecular flexibility index (Phi) is 6.09. The average Bonchev–Trinajstić information content (AvgIpc) is 3.08. The number of hydrogen-bond acceptors (Lipinski definition) is 2. The molecule has 1 saturated heterocycles. The van der Waals surface area contributed by atoms with Gasteiger partial charge in [-0.1, -0.05) is 46.5 Å². The number of carbonyl (C=O) groups excluding carboxylic acids is 1. The van der Waals surface area contributed by atoms with Crippen molar-refractivity contribution < 1.29 is 4.79 Å². The highest BCUT2D eigenvalue weighted by Gasteiger charge is 2.44. The first-order valence-electron chi connectivity index (χ1n) is 9.16. The molecule has 0 aromatic rings. The van der Waals surface area contributed by atoms with E-state index in [2.05, 4.69) is 37.9 Å². The number of carbonyl (C=O) groups is 1. The van der Waals surface area contributed by atoms with Gasteiger partial charge in [-0.15, -0.1) is 0 Å². The second-order valence-corrected chi connectivity index (χ2v) is 7.34. The molecule has 0 radical (unpaired) electrons. The van der Waals surface area contributed by atoms with E-state index < -0.39 is 0 Å². The van der Waals surface area contributed by atoms with Crippen LogP contribution in [0.25, 0.3) is 0 Å². The molecule has 1 aliphatic heterocycles. The van der Waals surface area contributed by atoms with E-state index in [0.717, 1.165) is 19.3 Å². The zero-order valence-electron chi connectivity index (χ0n) is 14.4. The van der Waals surface area contributed by atoms with Gasteiger partial charge < -0.3 is 4.90 Å². The van der Waals surface area contributed by atoms with E-state index in [1.165, 1.54) is 32.1 Å². The van der Waals surface area contributed by atoms with Crippen molar-refractivity contribution >= 4 is 5.91 Å². The van der Waals surface area contributed by atoms with Crippen molar-refractivity contribution in [2.45, 2.75) is 97.3 Å². The molecule has 1 saturated carbocycles. The van der Waals surface area contributed by atoms with Crippen molar-refractivity contribution in [2.24, 2.45) is 11.8 Å². The molecule has 1 aliphatic carbocycles. The average molecular weight is 294 g/mol. The molecule has 2 fully saturated rings. The molecule has 0 bridgehead atoms. The van der Waals surface area contributed by atoms with E-state index in [9.17, 15) is 4.79 Å². The Hall–Kier alpha value is -0.570. The van der Waals surface area contributed by atoms with Crippen LogP contribution in [0.15, 0.2) is 0 Å². The Morgan fingerprint density at radius 3 is 2.48 bits per heavy atom. The molecule has 1 amide bonds. The lowest BCUT2D eigenvalue weighted by atomic mass is 9.97. The number of amides is 1. The fourth-order valence-electron chi connectivity index (χ4n) is 4.16. The van der Waals surface area contributed by atoms with Crippen LogP contribution in [0.5, 0.6) is 0 Å². The highest BCUT2D eigenvalue weighted by atomic mass is 16.2. The highest BCUT2D eigenvalue weighted by molar-refractivity contribution is 5.84. The summed E-state index contributed by atoms with van der Waals surface area (Å²) in [5.74, 6) is 1.74. The molecule has 3 nitrogen and oxygen atoms in total. The first kappa shape index (κ1) is 16.8. The summed E-state index contributed by atoms with van der Waals surface area (Å²) >= 11 is 0. The summed E-state index contributed by atoms with van der Waals surface area (Å²) in [6.07, 6.45) is 9.94. The van der Waals surface area contributed by atoms with Gasteiger partial charge in [0.25, 0.3) is 0 Å². The Balaban J connectivity index is 2.09. The van der Waals surface area contributed by atoms with E-state index in [4.69, 9.17) is 0 Å². The second kappa shape index (κ2) is 7.62. The summed E-state index contributed by atoms with van der Waals surface area (Å²) in [6.45, 7) is 8.97. The van der Waals surface area contributed by atoms with Crippen LogP contribution in [0.1, 0.15) is 79.1 Å². The van der Waals surface area contributed by atoms with Crippen LogP contribution in [0.4, 0.5) is 0 Å². The zero-order chi connectivity index (χ0) is 15.4. The molecule has 3 heteroatoms. The molecular formula is C18H34N2O. The van der Waals surface area contributed by atoms with Gasteiger partial charge in [0.05, 0.1) is 12.2 Å². The smallest absolute Gasteiger partial charge is 0.241 e. The number of nitrogens with one attached hydrogen (secondary N) is 1. The Morgan fingerprint density at radius 1 is 1.24 bits per heavy atom. The topological polar surface area (TPSA) is 32.3 Å². The fourth-order valence-corrected chi connectivity index (χ4v) is 4.16. The van der Waals surface area contributed by atoms with E-state index in [0.29, 0.717) is 30.0 Å². The van der Waals surface area contributed by atoms with Crippen molar-refractivity contribution in [1.29, 1.82) is 0 Å². The van der Waals surface area contributed by atoms with Gasteiger partial charge in [0.2, 0.25) is 5.91 Å². The summed E-state index contributed by atoms with van der Waals surface area (Å²) in [7, 11) is 0. The quantitative estimate of drug-likeness (QED) is 0.771. The summed E-state index contributed by atoms with van der Waals surface area (Å²) in [5.41, 5.74) is 0. The minimum Gasteiger partial charge on any atom is -0.323 e. The van der Waals surface area contributed by atoms with Crippen molar-refractivity contribution in [3.8, 4) is 0 Å². The van der Waals surface area contributed by atoms with E-state index >= 15 is 0 Å². The third kappa shape index (κ3) is 3.80. The Bertz CT molecular complexity index is 338. The summed E-state index contributed by atoms with van der Waals surface area (Å²) < 4.78 is 0. The minimum atomic E-state index is 0.0694. The molecule has 1 heterocycles. The predicted molar refractivity (Wildman–Crippen MR) is 88.0 cm³/mol. The first-order chi connectivity index (χ1) is 10.1. The van der Waals surface area contributed by atoms with Crippen molar-refractivity contribution in [1.82, 2.24) is 10.2 Å². The third-order valence-corrected chi connectivity index (χ3v) is 5.56. The molecule has 0 spiro atoms. The molecule has 2 aliphatic rings.